The quantitative estimate of drug-likeness (QED) is 0.827. The molecule has 0 amide bonds. The molecule has 1 aliphatic heterocycles. The van der Waals surface area contributed by atoms with Gasteiger partial charge >= 0.3 is 0 Å². The number of aliphatic hydroxyl groups is 1. The lowest BCUT2D eigenvalue weighted by atomic mass is 9.94. The standard InChI is InChI=1S/C16H25NO2/c1-3-14(15-7-5-4-6-8-15)11-17-12-16(18)9-10-19-13(16)2/h4-8,13-14,17-18H,3,9-12H2,1-2H3/t13-,14-,16+/m1/s1. The largest absolute Gasteiger partial charge is 0.386 e. The Kier molecular flexibility index (Phi) is 4.97. The first kappa shape index (κ1) is 14.5. The average molecular weight is 263 g/mol. The molecule has 0 spiro atoms. The minimum Gasteiger partial charge on any atom is -0.386 e. The molecule has 3 nitrogen and oxygen atoms in total. The summed E-state index contributed by atoms with van der Waals surface area (Å²) in [7, 11) is 0. The van der Waals surface area contributed by atoms with Gasteiger partial charge in [-0.3, -0.25) is 0 Å². The van der Waals surface area contributed by atoms with E-state index in [1.165, 1.54) is 5.56 Å². The van der Waals surface area contributed by atoms with Gasteiger partial charge in [-0.15, -0.1) is 0 Å². The summed E-state index contributed by atoms with van der Waals surface area (Å²) >= 11 is 0. The Bertz CT molecular complexity index is 382. The van der Waals surface area contributed by atoms with Crippen LogP contribution in [0, 0.1) is 0 Å². The first-order valence-corrected chi connectivity index (χ1v) is 7.25. The van der Waals surface area contributed by atoms with Gasteiger partial charge in [-0.25, -0.2) is 0 Å². The fourth-order valence-corrected chi connectivity index (χ4v) is 2.69. The molecule has 0 aromatic heterocycles. The van der Waals surface area contributed by atoms with Crippen LogP contribution in [0.4, 0.5) is 0 Å². The lowest BCUT2D eigenvalue weighted by Gasteiger charge is -2.27. The van der Waals surface area contributed by atoms with Crippen molar-refractivity contribution in [2.45, 2.75) is 44.3 Å². The molecule has 0 radical (unpaired) electrons. The lowest BCUT2D eigenvalue weighted by molar-refractivity contribution is -0.0261. The van der Waals surface area contributed by atoms with Crippen molar-refractivity contribution in [3.63, 3.8) is 0 Å². The van der Waals surface area contributed by atoms with Crippen LogP contribution in [0.1, 0.15) is 38.2 Å². The molecule has 3 atom stereocenters. The molecule has 19 heavy (non-hydrogen) atoms. The maximum absolute atomic E-state index is 10.4. The predicted octanol–water partition coefficient (Wildman–Crippen LogP) is 2.31. The molecule has 0 saturated carbocycles. The topological polar surface area (TPSA) is 41.5 Å². The Morgan fingerprint density at radius 1 is 1.42 bits per heavy atom. The Hall–Kier alpha value is -0.900. The van der Waals surface area contributed by atoms with E-state index >= 15 is 0 Å². The minimum absolute atomic E-state index is 0.0724. The van der Waals surface area contributed by atoms with Gasteiger partial charge in [0.1, 0.15) is 5.60 Å². The SMILES string of the molecule is CC[C@H](CNC[C@@]1(O)CCO[C@@H]1C)c1ccccc1. The second-order valence-corrected chi connectivity index (χ2v) is 5.51. The molecule has 1 fully saturated rings. The maximum Gasteiger partial charge on any atom is 0.105 e. The molecule has 1 heterocycles. The second-order valence-electron chi connectivity index (χ2n) is 5.51. The fraction of sp³-hybridized carbons (Fsp3) is 0.625. The third kappa shape index (κ3) is 3.56. The highest BCUT2D eigenvalue weighted by atomic mass is 16.5. The van der Waals surface area contributed by atoms with Crippen LogP contribution in [0.15, 0.2) is 30.3 Å². The van der Waals surface area contributed by atoms with E-state index in [1.807, 2.05) is 13.0 Å². The van der Waals surface area contributed by atoms with E-state index in [9.17, 15) is 5.11 Å². The van der Waals surface area contributed by atoms with Crippen LogP contribution in [0.3, 0.4) is 0 Å². The number of hydrogen-bond donors (Lipinski definition) is 2. The molecular formula is C16H25NO2. The molecule has 2 rings (SSSR count). The monoisotopic (exact) mass is 263 g/mol. The number of rotatable bonds is 6. The zero-order valence-electron chi connectivity index (χ0n) is 11.9. The van der Waals surface area contributed by atoms with E-state index in [0.29, 0.717) is 19.1 Å². The smallest absolute Gasteiger partial charge is 0.105 e. The van der Waals surface area contributed by atoms with Gasteiger partial charge < -0.3 is 15.2 Å². The molecule has 0 aliphatic carbocycles. The van der Waals surface area contributed by atoms with Gasteiger partial charge in [-0.1, -0.05) is 37.3 Å². The van der Waals surface area contributed by atoms with Crippen LogP contribution in [-0.2, 0) is 4.74 Å². The summed E-state index contributed by atoms with van der Waals surface area (Å²) < 4.78 is 5.45. The normalized spacial score (nSPS) is 28.5. The minimum atomic E-state index is -0.699. The predicted molar refractivity (Wildman–Crippen MR) is 77.3 cm³/mol. The Morgan fingerprint density at radius 2 is 2.16 bits per heavy atom. The summed E-state index contributed by atoms with van der Waals surface area (Å²) in [5, 5.41) is 13.8. The average Bonchev–Trinajstić information content (AvgIpc) is 2.76. The van der Waals surface area contributed by atoms with E-state index in [4.69, 9.17) is 4.74 Å². The molecule has 3 heteroatoms. The van der Waals surface area contributed by atoms with Crippen molar-refractivity contribution < 1.29 is 9.84 Å². The van der Waals surface area contributed by atoms with Crippen molar-refractivity contribution in [2.75, 3.05) is 19.7 Å². The van der Waals surface area contributed by atoms with E-state index in [0.717, 1.165) is 19.4 Å². The molecule has 0 unspecified atom stereocenters. The van der Waals surface area contributed by atoms with Crippen molar-refractivity contribution in [3.8, 4) is 0 Å². The first-order valence-electron chi connectivity index (χ1n) is 7.25. The Morgan fingerprint density at radius 3 is 2.74 bits per heavy atom. The van der Waals surface area contributed by atoms with Crippen LogP contribution in [-0.4, -0.2) is 36.5 Å². The van der Waals surface area contributed by atoms with Crippen LogP contribution in [0.2, 0.25) is 0 Å². The first-order chi connectivity index (χ1) is 9.15. The van der Waals surface area contributed by atoms with E-state index in [1.54, 1.807) is 0 Å². The highest BCUT2D eigenvalue weighted by Gasteiger charge is 2.39. The number of benzene rings is 1. The lowest BCUT2D eigenvalue weighted by Crippen LogP contribution is -2.46. The second kappa shape index (κ2) is 6.51. The highest BCUT2D eigenvalue weighted by molar-refractivity contribution is 5.19. The van der Waals surface area contributed by atoms with E-state index in [2.05, 4.69) is 36.5 Å². The highest BCUT2D eigenvalue weighted by Crippen LogP contribution is 2.25. The molecule has 1 aliphatic rings. The third-order valence-corrected chi connectivity index (χ3v) is 4.25. The molecule has 0 bridgehead atoms. The van der Waals surface area contributed by atoms with E-state index in [-0.39, 0.29) is 6.10 Å². The number of nitrogens with one attached hydrogen (secondary N) is 1. The van der Waals surface area contributed by atoms with Crippen molar-refractivity contribution in [1.29, 1.82) is 0 Å². The van der Waals surface area contributed by atoms with Gasteiger partial charge in [0.15, 0.2) is 0 Å². The van der Waals surface area contributed by atoms with Crippen LogP contribution >= 0.6 is 0 Å². The van der Waals surface area contributed by atoms with Gasteiger partial charge in [-0.05, 0) is 24.8 Å². The van der Waals surface area contributed by atoms with Crippen molar-refractivity contribution in [3.05, 3.63) is 35.9 Å². The zero-order chi connectivity index (χ0) is 13.7. The third-order valence-electron chi connectivity index (χ3n) is 4.25. The molecule has 2 N–H and O–H groups in total. The maximum atomic E-state index is 10.4. The summed E-state index contributed by atoms with van der Waals surface area (Å²) in [6.45, 7) is 6.32. The molecular weight excluding hydrogens is 238 g/mol. The van der Waals surface area contributed by atoms with Gasteiger partial charge in [-0.2, -0.15) is 0 Å². The summed E-state index contributed by atoms with van der Waals surface area (Å²) in [4.78, 5) is 0. The number of hydrogen-bond acceptors (Lipinski definition) is 3. The van der Waals surface area contributed by atoms with Crippen molar-refractivity contribution >= 4 is 0 Å². The summed E-state index contributed by atoms with van der Waals surface area (Å²) in [5.74, 6) is 0.502. The molecule has 1 aromatic rings. The van der Waals surface area contributed by atoms with Crippen molar-refractivity contribution in [2.24, 2.45) is 0 Å². The van der Waals surface area contributed by atoms with Crippen LogP contribution in [0.25, 0.3) is 0 Å². The van der Waals surface area contributed by atoms with E-state index < -0.39 is 5.60 Å². The van der Waals surface area contributed by atoms with Gasteiger partial charge in [0.2, 0.25) is 0 Å². The van der Waals surface area contributed by atoms with Crippen molar-refractivity contribution in [1.82, 2.24) is 5.32 Å². The summed E-state index contributed by atoms with van der Waals surface area (Å²) in [6.07, 6.45) is 1.75. The fourth-order valence-electron chi connectivity index (χ4n) is 2.69. The Labute approximate surface area is 116 Å². The molecule has 1 aromatic carbocycles. The molecule has 106 valence electrons. The molecule has 1 saturated heterocycles. The number of ether oxygens (including phenoxy) is 1. The Balaban J connectivity index is 1.84. The summed E-state index contributed by atoms with van der Waals surface area (Å²) in [6, 6.07) is 10.6. The zero-order valence-corrected chi connectivity index (χ0v) is 11.9. The summed E-state index contributed by atoms with van der Waals surface area (Å²) in [5.41, 5.74) is 0.662. The van der Waals surface area contributed by atoms with Gasteiger partial charge in [0.05, 0.1) is 6.10 Å². The van der Waals surface area contributed by atoms with Crippen LogP contribution < -0.4 is 5.32 Å². The van der Waals surface area contributed by atoms with Crippen LogP contribution in [0.5, 0.6) is 0 Å². The van der Waals surface area contributed by atoms with Gasteiger partial charge in [0, 0.05) is 26.1 Å². The van der Waals surface area contributed by atoms with Gasteiger partial charge in [0.25, 0.3) is 0 Å².